The van der Waals surface area contributed by atoms with Gasteiger partial charge < -0.3 is 24.1 Å². The average Bonchev–Trinajstić information content (AvgIpc) is 3.33. The first kappa shape index (κ1) is 19.0. The van der Waals surface area contributed by atoms with Crippen LogP contribution in [-0.4, -0.2) is 47.3 Å². The van der Waals surface area contributed by atoms with Crippen LogP contribution in [0, 0.1) is 5.92 Å². The molecule has 8 heteroatoms. The van der Waals surface area contributed by atoms with Crippen molar-refractivity contribution in [2.45, 2.75) is 19.4 Å². The lowest BCUT2D eigenvalue weighted by Crippen LogP contribution is -2.26. The third kappa shape index (κ3) is 3.57. The van der Waals surface area contributed by atoms with Gasteiger partial charge in [0.2, 0.25) is 11.8 Å². The molecule has 2 atom stereocenters. The number of nitrogens with zero attached hydrogens (tertiary/aromatic N) is 3. The molecule has 0 radical (unpaired) electrons. The summed E-state index contributed by atoms with van der Waals surface area (Å²) < 4.78 is 18.9. The molecule has 0 spiro atoms. The van der Waals surface area contributed by atoms with E-state index in [1.807, 2.05) is 42.8 Å². The fraction of sp³-hybridized carbons (Fsp3) is 0.381. The SMILES string of the molecule is COc1ccc(-c2cc3ncn(C)c3c(O[C@H](C)C3CNC(=O)C3)n2)cc1OC. The van der Waals surface area contributed by atoms with Crippen LogP contribution in [0.15, 0.2) is 30.6 Å². The number of aryl methyl sites for hydroxylation is 1. The second kappa shape index (κ2) is 7.62. The highest BCUT2D eigenvalue weighted by molar-refractivity contribution is 5.85. The van der Waals surface area contributed by atoms with E-state index in [9.17, 15) is 4.79 Å². The minimum absolute atomic E-state index is 0.0585. The summed E-state index contributed by atoms with van der Waals surface area (Å²) in [5.74, 6) is 1.94. The number of aromatic nitrogens is 3. The number of fused-ring (bicyclic) bond motifs is 1. The normalized spacial score (nSPS) is 17.2. The smallest absolute Gasteiger partial charge is 0.241 e. The van der Waals surface area contributed by atoms with Crippen molar-refractivity contribution in [2.24, 2.45) is 13.0 Å². The Hall–Kier alpha value is -3.29. The van der Waals surface area contributed by atoms with E-state index in [0.29, 0.717) is 30.3 Å². The first-order chi connectivity index (χ1) is 14.0. The lowest BCUT2D eigenvalue weighted by atomic mass is 10.0. The van der Waals surface area contributed by atoms with Gasteiger partial charge in [0.1, 0.15) is 11.6 Å². The van der Waals surface area contributed by atoms with Crippen LogP contribution in [0.3, 0.4) is 0 Å². The molecule has 1 N–H and O–H groups in total. The third-order valence-corrected chi connectivity index (χ3v) is 5.31. The van der Waals surface area contributed by atoms with E-state index in [1.165, 1.54) is 0 Å². The summed E-state index contributed by atoms with van der Waals surface area (Å²) in [7, 11) is 5.11. The highest BCUT2D eigenvalue weighted by Gasteiger charge is 2.29. The molecule has 1 aromatic carbocycles. The van der Waals surface area contributed by atoms with E-state index in [1.54, 1.807) is 20.5 Å². The number of rotatable bonds is 6. The maximum absolute atomic E-state index is 11.6. The van der Waals surface area contributed by atoms with Gasteiger partial charge in [0.05, 0.1) is 31.8 Å². The summed E-state index contributed by atoms with van der Waals surface area (Å²) >= 11 is 0. The molecule has 1 amide bonds. The predicted octanol–water partition coefficient (Wildman–Crippen LogP) is 2.56. The molecule has 3 aromatic rings. The molecule has 0 aliphatic carbocycles. The maximum Gasteiger partial charge on any atom is 0.241 e. The molecule has 2 aromatic heterocycles. The van der Waals surface area contributed by atoms with E-state index in [-0.39, 0.29) is 17.9 Å². The van der Waals surface area contributed by atoms with E-state index in [0.717, 1.165) is 22.3 Å². The van der Waals surface area contributed by atoms with Crippen molar-refractivity contribution < 1.29 is 19.0 Å². The number of amides is 1. The molecule has 4 rings (SSSR count). The minimum atomic E-state index is -0.166. The number of imidazole rings is 1. The highest BCUT2D eigenvalue weighted by atomic mass is 16.5. The number of carbonyl (C=O) groups is 1. The quantitative estimate of drug-likeness (QED) is 0.689. The first-order valence-corrected chi connectivity index (χ1v) is 9.48. The Morgan fingerprint density at radius 2 is 2.00 bits per heavy atom. The Morgan fingerprint density at radius 1 is 1.21 bits per heavy atom. The number of benzene rings is 1. The zero-order valence-corrected chi connectivity index (χ0v) is 16.9. The van der Waals surface area contributed by atoms with Gasteiger partial charge in [0, 0.05) is 31.5 Å². The molecule has 1 fully saturated rings. The molecule has 152 valence electrons. The Morgan fingerprint density at radius 3 is 2.69 bits per heavy atom. The van der Waals surface area contributed by atoms with Gasteiger partial charge >= 0.3 is 0 Å². The van der Waals surface area contributed by atoms with Gasteiger partial charge in [-0.2, -0.15) is 0 Å². The zero-order chi connectivity index (χ0) is 20.5. The monoisotopic (exact) mass is 396 g/mol. The van der Waals surface area contributed by atoms with Crippen molar-refractivity contribution in [3.63, 3.8) is 0 Å². The fourth-order valence-electron chi connectivity index (χ4n) is 3.60. The lowest BCUT2D eigenvalue weighted by molar-refractivity contribution is -0.119. The molecule has 1 unspecified atom stereocenters. The molecule has 8 nitrogen and oxygen atoms in total. The number of hydrogen-bond acceptors (Lipinski definition) is 6. The minimum Gasteiger partial charge on any atom is -0.493 e. The molecule has 0 saturated carbocycles. The number of carbonyl (C=O) groups excluding carboxylic acids is 1. The summed E-state index contributed by atoms with van der Waals surface area (Å²) in [6, 6.07) is 7.57. The molecule has 29 heavy (non-hydrogen) atoms. The van der Waals surface area contributed by atoms with Crippen LogP contribution >= 0.6 is 0 Å². The molecule has 1 aliphatic heterocycles. The van der Waals surface area contributed by atoms with E-state index < -0.39 is 0 Å². The van der Waals surface area contributed by atoms with Crippen molar-refractivity contribution in [1.29, 1.82) is 0 Å². The topological polar surface area (TPSA) is 87.5 Å². The van der Waals surface area contributed by atoms with Gasteiger partial charge in [0.25, 0.3) is 0 Å². The number of pyridine rings is 1. The van der Waals surface area contributed by atoms with Crippen LogP contribution in [0.25, 0.3) is 22.3 Å². The van der Waals surface area contributed by atoms with Crippen LogP contribution in [0.4, 0.5) is 0 Å². The Bertz CT molecular complexity index is 1060. The van der Waals surface area contributed by atoms with Gasteiger partial charge in [-0.3, -0.25) is 4.79 Å². The molecular weight excluding hydrogens is 372 g/mol. The van der Waals surface area contributed by atoms with Gasteiger partial charge in [-0.15, -0.1) is 0 Å². The second-order valence-corrected chi connectivity index (χ2v) is 7.20. The van der Waals surface area contributed by atoms with Crippen molar-refractivity contribution in [3.8, 4) is 28.6 Å². The van der Waals surface area contributed by atoms with Gasteiger partial charge in [-0.05, 0) is 31.2 Å². The molecular formula is C21H24N4O4. The lowest BCUT2D eigenvalue weighted by Gasteiger charge is -2.20. The van der Waals surface area contributed by atoms with Gasteiger partial charge in [-0.1, -0.05) is 0 Å². The van der Waals surface area contributed by atoms with E-state index in [4.69, 9.17) is 19.2 Å². The van der Waals surface area contributed by atoms with Gasteiger partial charge in [-0.25, -0.2) is 9.97 Å². The van der Waals surface area contributed by atoms with Gasteiger partial charge in [0.15, 0.2) is 11.5 Å². The van der Waals surface area contributed by atoms with E-state index >= 15 is 0 Å². The first-order valence-electron chi connectivity index (χ1n) is 9.48. The zero-order valence-electron chi connectivity index (χ0n) is 16.9. The predicted molar refractivity (Wildman–Crippen MR) is 108 cm³/mol. The summed E-state index contributed by atoms with van der Waals surface area (Å²) in [5.41, 5.74) is 3.19. The van der Waals surface area contributed by atoms with Crippen LogP contribution in [0.2, 0.25) is 0 Å². The number of ether oxygens (including phenoxy) is 3. The highest BCUT2D eigenvalue weighted by Crippen LogP contribution is 2.35. The van der Waals surface area contributed by atoms with Crippen molar-refractivity contribution in [1.82, 2.24) is 19.9 Å². The van der Waals surface area contributed by atoms with Crippen LogP contribution in [0.1, 0.15) is 13.3 Å². The molecule has 3 heterocycles. The number of methoxy groups -OCH3 is 2. The number of nitrogens with one attached hydrogen (secondary N) is 1. The Labute approximate surface area is 168 Å². The van der Waals surface area contributed by atoms with Crippen LogP contribution < -0.4 is 19.5 Å². The second-order valence-electron chi connectivity index (χ2n) is 7.20. The van der Waals surface area contributed by atoms with E-state index in [2.05, 4.69) is 10.3 Å². The number of hydrogen-bond donors (Lipinski definition) is 1. The Kier molecular flexibility index (Phi) is 5.00. The largest absolute Gasteiger partial charge is 0.493 e. The van der Waals surface area contributed by atoms with Crippen LogP contribution in [-0.2, 0) is 11.8 Å². The average molecular weight is 396 g/mol. The third-order valence-electron chi connectivity index (χ3n) is 5.31. The summed E-state index contributed by atoms with van der Waals surface area (Å²) in [5, 5.41) is 2.86. The summed E-state index contributed by atoms with van der Waals surface area (Å²) in [4.78, 5) is 20.8. The Balaban J connectivity index is 1.74. The maximum atomic E-state index is 11.6. The molecule has 0 bridgehead atoms. The fourth-order valence-corrected chi connectivity index (χ4v) is 3.60. The van der Waals surface area contributed by atoms with Crippen molar-refractivity contribution >= 4 is 16.9 Å². The van der Waals surface area contributed by atoms with Crippen molar-refractivity contribution in [2.75, 3.05) is 20.8 Å². The van der Waals surface area contributed by atoms with Crippen LogP contribution in [0.5, 0.6) is 17.4 Å². The summed E-state index contributed by atoms with van der Waals surface area (Å²) in [6.45, 7) is 2.59. The van der Waals surface area contributed by atoms with Crippen molar-refractivity contribution in [3.05, 3.63) is 30.6 Å². The molecule has 1 saturated heterocycles. The summed E-state index contributed by atoms with van der Waals surface area (Å²) in [6.07, 6.45) is 2.04. The standard InChI is InChI=1S/C21H24N4O4/c1-12(14-8-19(26)22-10-14)29-21-20-16(23-11-25(20)2)9-15(24-21)13-5-6-17(27-3)18(7-13)28-4/h5-7,9,11-12,14H,8,10H2,1-4H3,(H,22,26)/t12-,14?/m1/s1. The molecule has 1 aliphatic rings.